The average molecular weight is 461 g/mol. The monoisotopic (exact) mass is 460 g/mol. The van der Waals surface area contributed by atoms with E-state index in [1.54, 1.807) is 12.4 Å². The minimum atomic E-state index is -0.263. The lowest BCUT2D eigenvalue weighted by Gasteiger charge is -2.12. The van der Waals surface area contributed by atoms with Gasteiger partial charge in [-0.15, -0.1) is 0 Å². The van der Waals surface area contributed by atoms with E-state index in [-0.39, 0.29) is 6.03 Å². The Labute approximate surface area is 196 Å². The normalized spacial score (nSPS) is 10.4. The number of benzene rings is 3. The number of nitrogens with one attached hydrogen (secondary N) is 3. The maximum atomic E-state index is 12.1. The fourth-order valence-electron chi connectivity index (χ4n) is 3.02. The van der Waals surface area contributed by atoms with Crippen LogP contribution in [0.25, 0.3) is 11.1 Å². The van der Waals surface area contributed by atoms with Gasteiger partial charge in [0, 0.05) is 40.2 Å². The summed E-state index contributed by atoms with van der Waals surface area (Å²) in [7, 11) is 0. The summed E-state index contributed by atoms with van der Waals surface area (Å²) in [4.78, 5) is 17.2. The predicted octanol–water partition coefficient (Wildman–Crippen LogP) is 6.84. The van der Waals surface area contributed by atoms with E-state index in [1.807, 2.05) is 72.8 Å². The Hall–Kier alpha value is -3.48. The molecule has 0 fully saturated rings. The van der Waals surface area contributed by atoms with Crippen molar-refractivity contribution in [1.82, 2.24) is 10.3 Å². The second-order valence-corrected chi connectivity index (χ2v) is 8.24. The van der Waals surface area contributed by atoms with Gasteiger partial charge in [0.25, 0.3) is 0 Å². The highest BCUT2D eigenvalue weighted by molar-refractivity contribution is 8.00. The van der Waals surface area contributed by atoms with E-state index in [9.17, 15) is 4.79 Å². The highest BCUT2D eigenvalue weighted by atomic mass is 35.5. The van der Waals surface area contributed by atoms with Crippen molar-refractivity contribution in [3.63, 3.8) is 0 Å². The summed E-state index contributed by atoms with van der Waals surface area (Å²) in [5, 5.41) is 6.37. The topological polar surface area (TPSA) is 66.0 Å². The van der Waals surface area contributed by atoms with Gasteiger partial charge in [-0.3, -0.25) is 4.98 Å². The zero-order valence-electron chi connectivity index (χ0n) is 17.1. The van der Waals surface area contributed by atoms with Crippen LogP contribution in [0.1, 0.15) is 5.56 Å². The molecule has 3 aromatic carbocycles. The van der Waals surface area contributed by atoms with E-state index in [0.717, 1.165) is 32.3 Å². The van der Waals surface area contributed by atoms with Gasteiger partial charge in [-0.25, -0.2) is 4.79 Å². The summed E-state index contributed by atoms with van der Waals surface area (Å²) in [6.45, 7) is 0.420. The summed E-state index contributed by atoms with van der Waals surface area (Å²) < 4.78 is 3.37. The Morgan fingerprint density at radius 3 is 2.38 bits per heavy atom. The van der Waals surface area contributed by atoms with Crippen molar-refractivity contribution in [2.75, 3.05) is 10.0 Å². The van der Waals surface area contributed by atoms with Crippen LogP contribution in [0.4, 0.5) is 16.2 Å². The Morgan fingerprint density at radius 2 is 1.62 bits per heavy atom. The highest BCUT2D eigenvalue weighted by Gasteiger charge is 2.06. The third-order valence-electron chi connectivity index (χ3n) is 4.64. The number of hydrogen-bond acceptors (Lipinski definition) is 4. The lowest BCUT2D eigenvalue weighted by molar-refractivity contribution is 0.251. The molecule has 0 bridgehead atoms. The predicted molar refractivity (Wildman–Crippen MR) is 133 cm³/mol. The number of urea groups is 1. The molecule has 1 aromatic heterocycles. The summed E-state index contributed by atoms with van der Waals surface area (Å²) in [5.41, 5.74) is 4.83. The van der Waals surface area contributed by atoms with Gasteiger partial charge in [0.05, 0.1) is 0 Å². The van der Waals surface area contributed by atoms with E-state index in [1.165, 1.54) is 11.9 Å². The summed E-state index contributed by atoms with van der Waals surface area (Å²) in [6, 6.07) is 27.1. The van der Waals surface area contributed by atoms with Gasteiger partial charge in [0.1, 0.15) is 0 Å². The van der Waals surface area contributed by atoms with E-state index in [4.69, 9.17) is 11.6 Å². The highest BCUT2D eigenvalue weighted by Crippen LogP contribution is 2.32. The quantitative estimate of drug-likeness (QED) is 0.264. The van der Waals surface area contributed by atoms with Crippen LogP contribution in [-0.2, 0) is 6.54 Å². The molecule has 32 heavy (non-hydrogen) atoms. The van der Waals surface area contributed by atoms with Gasteiger partial charge in [0.2, 0.25) is 0 Å². The number of halogens is 1. The lowest BCUT2D eigenvalue weighted by atomic mass is 10.1. The second kappa shape index (κ2) is 10.7. The van der Waals surface area contributed by atoms with Gasteiger partial charge in [-0.2, -0.15) is 0 Å². The van der Waals surface area contributed by atoms with Crippen LogP contribution in [0.5, 0.6) is 0 Å². The third-order valence-corrected chi connectivity index (χ3v) is 5.81. The lowest BCUT2D eigenvalue weighted by Crippen LogP contribution is -2.28. The maximum absolute atomic E-state index is 12.1. The zero-order chi connectivity index (χ0) is 22.2. The van der Waals surface area contributed by atoms with Gasteiger partial charge in [-0.05, 0) is 77.2 Å². The number of carbonyl (C=O) groups is 1. The second-order valence-electron chi connectivity index (χ2n) is 6.95. The molecule has 0 spiro atoms. The standard InChI is InChI=1S/C25H21ClN4OS/c26-20-9-7-19(8-10-20)23-5-1-2-6-24(23)32-30-22-13-11-21(12-14-22)29-25(31)28-17-18-4-3-15-27-16-18/h1-16,30H,17H2,(H2,28,29,31). The molecule has 0 radical (unpaired) electrons. The molecule has 1 heterocycles. The maximum Gasteiger partial charge on any atom is 0.319 e. The van der Waals surface area contributed by atoms with Crippen molar-refractivity contribution in [3.05, 3.63) is 108 Å². The molecule has 0 aliphatic heterocycles. The van der Waals surface area contributed by atoms with Crippen LogP contribution in [0.2, 0.25) is 5.02 Å². The van der Waals surface area contributed by atoms with Crippen LogP contribution in [0.15, 0.2) is 102 Å². The number of carbonyl (C=O) groups excluding carboxylic acids is 1. The van der Waals surface area contributed by atoms with Crippen molar-refractivity contribution in [2.24, 2.45) is 0 Å². The van der Waals surface area contributed by atoms with Crippen LogP contribution in [-0.4, -0.2) is 11.0 Å². The van der Waals surface area contributed by atoms with Crippen LogP contribution in [0, 0.1) is 0 Å². The first-order valence-electron chi connectivity index (χ1n) is 9.99. The molecular formula is C25H21ClN4OS. The van der Waals surface area contributed by atoms with Crippen LogP contribution < -0.4 is 15.4 Å². The van der Waals surface area contributed by atoms with Crippen molar-refractivity contribution < 1.29 is 4.79 Å². The molecule has 2 amide bonds. The first-order valence-corrected chi connectivity index (χ1v) is 11.2. The minimum Gasteiger partial charge on any atom is -0.334 e. The number of amides is 2. The molecule has 0 saturated heterocycles. The van der Waals surface area contributed by atoms with Crippen LogP contribution >= 0.6 is 23.5 Å². The van der Waals surface area contributed by atoms with Crippen molar-refractivity contribution in [3.8, 4) is 11.1 Å². The molecule has 0 aliphatic rings. The van der Waals surface area contributed by atoms with E-state index >= 15 is 0 Å². The number of aromatic nitrogens is 1. The molecule has 4 aromatic rings. The van der Waals surface area contributed by atoms with E-state index in [2.05, 4.69) is 32.5 Å². The van der Waals surface area contributed by atoms with Gasteiger partial charge in [0.15, 0.2) is 0 Å². The van der Waals surface area contributed by atoms with Crippen molar-refractivity contribution in [2.45, 2.75) is 11.4 Å². The van der Waals surface area contributed by atoms with Gasteiger partial charge < -0.3 is 15.4 Å². The first kappa shape index (κ1) is 21.7. The van der Waals surface area contributed by atoms with Crippen molar-refractivity contribution >= 4 is 41.0 Å². The number of nitrogens with zero attached hydrogens (tertiary/aromatic N) is 1. The molecule has 7 heteroatoms. The van der Waals surface area contributed by atoms with Gasteiger partial charge >= 0.3 is 6.03 Å². The SMILES string of the molecule is O=C(NCc1cccnc1)Nc1ccc(NSc2ccccc2-c2ccc(Cl)cc2)cc1. The Kier molecular flexibility index (Phi) is 7.27. The average Bonchev–Trinajstić information content (AvgIpc) is 2.84. The fourth-order valence-corrected chi connectivity index (χ4v) is 3.95. The van der Waals surface area contributed by atoms with E-state index < -0.39 is 0 Å². The zero-order valence-corrected chi connectivity index (χ0v) is 18.7. The number of rotatable bonds is 7. The van der Waals surface area contributed by atoms with Gasteiger partial charge in [-0.1, -0.05) is 48.0 Å². The Bertz CT molecular complexity index is 1170. The third kappa shape index (κ3) is 6.03. The molecule has 0 atom stereocenters. The Morgan fingerprint density at radius 1 is 0.875 bits per heavy atom. The molecule has 0 aliphatic carbocycles. The summed E-state index contributed by atoms with van der Waals surface area (Å²) >= 11 is 7.56. The molecule has 160 valence electrons. The summed E-state index contributed by atoms with van der Waals surface area (Å²) in [5.74, 6) is 0. The number of anilines is 2. The first-order chi connectivity index (χ1) is 15.7. The fraction of sp³-hybridized carbons (Fsp3) is 0.0400. The summed E-state index contributed by atoms with van der Waals surface area (Å²) in [6.07, 6.45) is 3.43. The number of hydrogen-bond donors (Lipinski definition) is 3. The molecular weight excluding hydrogens is 440 g/mol. The smallest absolute Gasteiger partial charge is 0.319 e. The molecule has 3 N–H and O–H groups in total. The molecule has 0 saturated carbocycles. The van der Waals surface area contributed by atoms with Crippen LogP contribution in [0.3, 0.4) is 0 Å². The Balaban J connectivity index is 1.33. The van der Waals surface area contributed by atoms with E-state index in [0.29, 0.717) is 12.2 Å². The molecule has 0 unspecified atom stereocenters. The number of pyridine rings is 1. The van der Waals surface area contributed by atoms with Crippen molar-refractivity contribution in [1.29, 1.82) is 0 Å². The molecule has 5 nitrogen and oxygen atoms in total. The largest absolute Gasteiger partial charge is 0.334 e. The molecule has 4 rings (SSSR count). The minimum absolute atomic E-state index is 0.263.